The Hall–Kier alpha value is -2.70. The fourth-order valence-corrected chi connectivity index (χ4v) is 5.38. The van der Waals surface area contributed by atoms with Gasteiger partial charge in [0.05, 0.1) is 10.5 Å². The zero-order valence-corrected chi connectivity index (χ0v) is 20.5. The first-order valence-corrected chi connectivity index (χ1v) is 12.1. The Balaban J connectivity index is 1.29. The van der Waals surface area contributed by atoms with E-state index in [4.69, 9.17) is 16.3 Å². The third-order valence-corrected chi connectivity index (χ3v) is 6.93. The standard InChI is InChI=1S/C27H29ClFN3O2/c1-27(2,3)34-26(33)32-19-6-7-20(32)16-31(15-19)14-17-4-8-21(24(29)12-17)18-5-9-22-23(28)10-11-30-25(22)13-18/h4-5,8-13,19-20H,6-7,14-16H2,1-3H3. The maximum atomic E-state index is 15.1. The molecular formula is C27H29ClFN3O2. The summed E-state index contributed by atoms with van der Waals surface area (Å²) in [5.74, 6) is -0.255. The Morgan fingerprint density at radius 1 is 1.12 bits per heavy atom. The maximum absolute atomic E-state index is 15.1. The first kappa shape index (κ1) is 23.1. The second-order valence-corrected chi connectivity index (χ2v) is 10.7. The molecule has 2 saturated heterocycles. The average Bonchev–Trinajstić information content (AvgIpc) is 3.03. The fraction of sp³-hybridized carbons (Fsp3) is 0.407. The smallest absolute Gasteiger partial charge is 0.410 e. The van der Waals surface area contributed by atoms with Crippen LogP contribution >= 0.6 is 11.6 Å². The maximum Gasteiger partial charge on any atom is 0.410 e. The van der Waals surface area contributed by atoms with Gasteiger partial charge < -0.3 is 4.74 Å². The molecule has 2 aromatic carbocycles. The van der Waals surface area contributed by atoms with Crippen molar-refractivity contribution >= 4 is 28.6 Å². The van der Waals surface area contributed by atoms with Gasteiger partial charge in [0.1, 0.15) is 11.4 Å². The zero-order chi connectivity index (χ0) is 24.0. The van der Waals surface area contributed by atoms with Crippen LogP contribution in [0.3, 0.4) is 0 Å². The van der Waals surface area contributed by atoms with Crippen LogP contribution in [0.1, 0.15) is 39.2 Å². The van der Waals surface area contributed by atoms with Gasteiger partial charge in [-0.2, -0.15) is 0 Å². The number of hydrogen-bond donors (Lipinski definition) is 0. The van der Waals surface area contributed by atoms with Crippen LogP contribution in [-0.4, -0.2) is 51.7 Å². The van der Waals surface area contributed by atoms with E-state index in [0.29, 0.717) is 17.1 Å². The predicted octanol–water partition coefficient (Wildman–Crippen LogP) is 6.28. The molecule has 0 radical (unpaired) electrons. The molecule has 0 saturated carbocycles. The van der Waals surface area contributed by atoms with E-state index in [-0.39, 0.29) is 24.0 Å². The van der Waals surface area contributed by atoms with Gasteiger partial charge in [0.25, 0.3) is 0 Å². The van der Waals surface area contributed by atoms with Crippen molar-refractivity contribution in [3.05, 3.63) is 65.1 Å². The number of carbonyl (C=O) groups excluding carboxylic acids is 1. The van der Waals surface area contributed by atoms with Crippen molar-refractivity contribution in [2.75, 3.05) is 13.1 Å². The number of aromatic nitrogens is 1. The molecular weight excluding hydrogens is 453 g/mol. The molecule has 5 rings (SSSR count). The van der Waals surface area contributed by atoms with E-state index in [2.05, 4.69) is 9.88 Å². The van der Waals surface area contributed by atoms with Crippen molar-refractivity contribution in [3.63, 3.8) is 0 Å². The van der Waals surface area contributed by atoms with Gasteiger partial charge in [-0.15, -0.1) is 0 Å². The molecule has 2 fully saturated rings. The summed E-state index contributed by atoms with van der Waals surface area (Å²) in [5, 5.41) is 1.48. The summed E-state index contributed by atoms with van der Waals surface area (Å²) in [6.07, 6.45) is 3.40. The Bertz CT molecular complexity index is 1230. The lowest BCUT2D eigenvalue weighted by Crippen LogP contribution is -2.56. The normalized spacial score (nSPS) is 20.7. The summed E-state index contributed by atoms with van der Waals surface area (Å²) in [6.45, 7) is 7.88. The summed E-state index contributed by atoms with van der Waals surface area (Å²) < 4.78 is 20.7. The van der Waals surface area contributed by atoms with Crippen molar-refractivity contribution in [2.24, 2.45) is 0 Å². The number of hydrogen-bond acceptors (Lipinski definition) is 4. The predicted molar refractivity (Wildman–Crippen MR) is 132 cm³/mol. The van der Waals surface area contributed by atoms with Crippen LogP contribution in [-0.2, 0) is 11.3 Å². The highest BCUT2D eigenvalue weighted by Gasteiger charge is 2.44. The summed E-state index contributed by atoms with van der Waals surface area (Å²) in [4.78, 5) is 21.3. The highest BCUT2D eigenvalue weighted by molar-refractivity contribution is 6.35. The Morgan fingerprint density at radius 3 is 2.53 bits per heavy atom. The number of fused-ring (bicyclic) bond motifs is 3. The van der Waals surface area contributed by atoms with E-state index in [9.17, 15) is 4.79 Å². The van der Waals surface area contributed by atoms with Crippen LogP contribution in [0.5, 0.6) is 0 Å². The fourth-order valence-electron chi connectivity index (χ4n) is 5.16. The third kappa shape index (κ3) is 4.62. The van der Waals surface area contributed by atoms with Crippen molar-refractivity contribution in [3.8, 4) is 11.1 Å². The van der Waals surface area contributed by atoms with E-state index in [1.165, 1.54) is 0 Å². The monoisotopic (exact) mass is 481 g/mol. The molecule has 2 atom stereocenters. The third-order valence-electron chi connectivity index (χ3n) is 6.60. The number of piperazine rings is 1. The molecule has 3 heterocycles. The number of halogens is 2. The minimum absolute atomic E-state index is 0.148. The lowest BCUT2D eigenvalue weighted by atomic mass is 10.0. The average molecular weight is 482 g/mol. The number of carbonyl (C=O) groups is 1. The number of benzene rings is 2. The minimum atomic E-state index is -0.500. The first-order valence-electron chi connectivity index (χ1n) is 11.7. The number of amides is 1. The molecule has 0 aliphatic carbocycles. The quantitative estimate of drug-likeness (QED) is 0.441. The molecule has 178 valence electrons. The molecule has 5 nitrogen and oxygen atoms in total. The molecule has 1 amide bonds. The molecule has 2 aliphatic rings. The molecule has 2 unspecified atom stereocenters. The van der Waals surface area contributed by atoms with Crippen LogP contribution in [0.2, 0.25) is 5.02 Å². The SMILES string of the molecule is CC(C)(C)OC(=O)N1C2CCC1CN(Cc1ccc(-c3ccc4c(Cl)ccnc4c3)c(F)c1)C2. The number of ether oxygens (including phenoxy) is 1. The van der Waals surface area contributed by atoms with Gasteiger partial charge in [-0.1, -0.05) is 35.9 Å². The van der Waals surface area contributed by atoms with E-state index in [0.717, 1.165) is 48.0 Å². The van der Waals surface area contributed by atoms with Gasteiger partial charge in [0.15, 0.2) is 0 Å². The van der Waals surface area contributed by atoms with Crippen molar-refractivity contribution in [1.29, 1.82) is 0 Å². The van der Waals surface area contributed by atoms with Gasteiger partial charge in [0.2, 0.25) is 0 Å². The van der Waals surface area contributed by atoms with Gasteiger partial charge in [-0.05, 0) is 62.9 Å². The van der Waals surface area contributed by atoms with Gasteiger partial charge in [-0.3, -0.25) is 14.8 Å². The van der Waals surface area contributed by atoms with E-state index in [1.807, 2.05) is 56.0 Å². The van der Waals surface area contributed by atoms with Crippen LogP contribution in [0.4, 0.5) is 9.18 Å². The first-order chi connectivity index (χ1) is 16.2. The molecule has 0 N–H and O–H groups in total. The van der Waals surface area contributed by atoms with Crippen LogP contribution in [0, 0.1) is 5.82 Å². The van der Waals surface area contributed by atoms with Gasteiger partial charge >= 0.3 is 6.09 Å². The zero-order valence-electron chi connectivity index (χ0n) is 19.7. The lowest BCUT2D eigenvalue weighted by molar-refractivity contribution is -0.00542. The topological polar surface area (TPSA) is 45.7 Å². The van der Waals surface area contributed by atoms with Crippen molar-refractivity contribution in [1.82, 2.24) is 14.8 Å². The molecule has 3 aromatic rings. The van der Waals surface area contributed by atoms with Gasteiger partial charge in [0, 0.05) is 48.9 Å². The molecule has 34 heavy (non-hydrogen) atoms. The number of nitrogens with zero attached hydrogens (tertiary/aromatic N) is 3. The van der Waals surface area contributed by atoms with Crippen LogP contribution in [0.25, 0.3) is 22.0 Å². The highest BCUT2D eigenvalue weighted by atomic mass is 35.5. The second kappa shape index (κ2) is 8.82. The summed E-state index contributed by atoms with van der Waals surface area (Å²) >= 11 is 6.23. The van der Waals surface area contributed by atoms with Crippen LogP contribution in [0.15, 0.2) is 48.7 Å². The lowest BCUT2D eigenvalue weighted by Gasteiger charge is -2.41. The van der Waals surface area contributed by atoms with Crippen molar-refractivity contribution < 1.29 is 13.9 Å². The summed E-state index contributed by atoms with van der Waals surface area (Å²) in [7, 11) is 0. The van der Waals surface area contributed by atoms with E-state index in [1.54, 1.807) is 18.3 Å². The highest BCUT2D eigenvalue weighted by Crippen LogP contribution is 2.33. The molecule has 1 aromatic heterocycles. The largest absolute Gasteiger partial charge is 0.444 e. The van der Waals surface area contributed by atoms with Gasteiger partial charge in [-0.25, -0.2) is 9.18 Å². The Kier molecular flexibility index (Phi) is 5.98. The Labute approximate surface area is 204 Å². The molecule has 2 bridgehead atoms. The summed E-state index contributed by atoms with van der Waals surface area (Å²) in [6, 6.07) is 13.1. The number of pyridine rings is 1. The number of rotatable bonds is 3. The summed E-state index contributed by atoms with van der Waals surface area (Å²) in [5.41, 5.74) is 2.48. The molecule has 7 heteroatoms. The van der Waals surface area contributed by atoms with E-state index < -0.39 is 5.60 Å². The second-order valence-electron chi connectivity index (χ2n) is 10.3. The van der Waals surface area contributed by atoms with Crippen molar-refractivity contribution in [2.45, 2.75) is 57.8 Å². The minimum Gasteiger partial charge on any atom is -0.444 e. The Morgan fingerprint density at radius 2 is 1.85 bits per heavy atom. The number of likely N-dealkylation sites (tertiary alicyclic amines) is 1. The molecule has 2 aliphatic heterocycles. The molecule has 0 spiro atoms. The van der Waals surface area contributed by atoms with E-state index >= 15 is 4.39 Å². The van der Waals surface area contributed by atoms with Crippen LogP contribution < -0.4 is 0 Å².